The number of likely N-dealkylation sites (tertiary alicyclic amines) is 1. The third-order valence-corrected chi connectivity index (χ3v) is 3.66. The maximum absolute atomic E-state index is 4.46. The molecule has 0 aromatic carbocycles. The molecule has 0 unspecified atom stereocenters. The second-order valence-electron chi connectivity index (χ2n) is 5.44. The van der Waals surface area contributed by atoms with Crippen molar-refractivity contribution in [3.63, 3.8) is 0 Å². The number of piperidine rings is 1. The first kappa shape index (κ1) is 13.3. The van der Waals surface area contributed by atoms with E-state index in [9.17, 15) is 0 Å². The van der Waals surface area contributed by atoms with Gasteiger partial charge < -0.3 is 5.32 Å². The molecular weight excluding hydrogens is 222 g/mol. The zero-order chi connectivity index (χ0) is 12.8. The van der Waals surface area contributed by atoms with Crippen LogP contribution in [0.15, 0.2) is 18.3 Å². The molecule has 2 heterocycles. The molecule has 3 heteroatoms. The predicted molar refractivity (Wildman–Crippen MR) is 76.7 cm³/mol. The second kappa shape index (κ2) is 6.74. The maximum Gasteiger partial charge on any atom is 0.125 e. The Morgan fingerprint density at radius 1 is 1.33 bits per heavy atom. The van der Waals surface area contributed by atoms with Gasteiger partial charge in [0.15, 0.2) is 0 Å². The summed E-state index contributed by atoms with van der Waals surface area (Å²) in [5.74, 6) is 1.90. The summed E-state index contributed by atoms with van der Waals surface area (Å²) in [5.41, 5.74) is 1.33. The molecule has 1 aromatic rings. The number of aromatic nitrogens is 1. The van der Waals surface area contributed by atoms with Gasteiger partial charge in [-0.3, -0.25) is 4.90 Å². The highest BCUT2D eigenvalue weighted by atomic mass is 15.1. The van der Waals surface area contributed by atoms with Crippen molar-refractivity contribution in [2.75, 3.05) is 25.0 Å². The third kappa shape index (κ3) is 3.98. The Balaban J connectivity index is 1.82. The van der Waals surface area contributed by atoms with Crippen molar-refractivity contribution in [1.82, 2.24) is 9.88 Å². The van der Waals surface area contributed by atoms with Gasteiger partial charge in [-0.05, 0) is 49.9 Å². The van der Waals surface area contributed by atoms with Crippen molar-refractivity contribution in [1.29, 1.82) is 0 Å². The summed E-state index contributed by atoms with van der Waals surface area (Å²) in [6.07, 6.45) is 5.82. The van der Waals surface area contributed by atoms with E-state index in [0.29, 0.717) is 0 Å². The third-order valence-electron chi connectivity index (χ3n) is 3.66. The molecule has 1 aromatic heterocycles. The monoisotopic (exact) mass is 247 g/mol. The van der Waals surface area contributed by atoms with E-state index < -0.39 is 0 Å². The molecule has 3 nitrogen and oxygen atoms in total. The standard InChI is InChI=1S/C15H25N3/c1-3-8-16-15-5-4-14(11-17-15)12-18-9-6-13(2)7-10-18/h4-5,11,13H,3,6-10,12H2,1-2H3,(H,16,17). The van der Waals surface area contributed by atoms with Gasteiger partial charge in [0.25, 0.3) is 0 Å². The number of nitrogens with one attached hydrogen (secondary N) is 1. The lowest BCUT2D eigenvalue weighted by Crippen LogP contribution is -2.32. The molecule has 1 fully saturated rings. The Hall–Kier alpha value is -1.09. The van der Waals surface area contributed by atoms with Gasteiger partial charge >= 0.3 is 0 Å². The summed E-state index contributed by atoms with van der Waals surface area (Å²) in [6, 6.07) is 4.29. The molecule has 0 atom stereocenters. The Labute approximate surface area is 111 Å². The van der Waals surface area contributed by atoms with Crippen molar-refractivity contribution >= 4 is 5.82 Å². The molecule has 0 bridgehead atoms. The molecule has 0 aliphatic carbocycles. The van der Waals surface area contributed by atoms with Crippen LogP contribution in [0.25, 0.3) is 0 Å². The fraction of sp³-hybridized carbons (Fsp3) is 0.667. The molecule has 100 valence electrons. The van der Waals surface area contributed by atoms with Gasteiger partial charge in [-0.2, -0.15) is 0 Å². The highest BCUT2D eigenvalue weighted by molar-refractivity contribution is 5.35. The lowest BCUT2D eigenvalue weighted by Gasteiger charge is -2.30. The van der Waals surface area contributed by atoms with Crippen LogP contribution in [0.4, 0.5) is 5.82 Å². The number of pyridine rings is 1. The molecule has 1 saturated heterocycles. The average molecular weight is 247 g/mol. The van der Waals surface area contributed by atoms with Crippen LogP contribution in [-0.4, -0.2) is 29.5 Å². The molecule has 1 aliphatic rings. The highest BCUT2D eigenvalue weighted by Crippen LogP contribution is 2.18. The summed E-state index contributed by atoms with van der Waals surface area (Å²) in [6.45, 7) is 9.03. The average Bonchev–Trinajstić information content (AvgIpc) is 2.41. The van der Waals surface area contributed by atoms with E-state index in [1.807, 2.05) is 6.20 Å². The fourth-order valence-corrected chi connectivity index (χ4v) is 2.35. The lowest BCUT2D eigenvalue weighted by atomic mass is 9.99. The van der Waals surface area contributed by atoms with Crippen molar-refractivity contribution in [2.45, 2.75) is 39.7 Å². The minimum absolute atomic E-state index is 0.903. The second-order valence-corrected chi connectivity index (χ2v) is 5.44. The molecule has 1 aliphatic heterocycles. The summed E-state index contributed by atoms with van der Waals surface area (Å²) in [7, 11) is 0. The first-order valence-corrected chi connectivity index (χ1v) is 7.19. The topological polar surface area (TPSA) is 28.2 Å². The number of anilines is 1. The first-order valence-electron chi connectivity index (χ1n) is 7.19. The molecule has 2 rings (SSSR count). The van der Waals surface area contributed by atoms with Crippen molar-refractivity contribution < 1.29 is 0 Å². The number of hydrogen-bond donors (Lipinski definition) is 1. The van der Waals surface area contributed by atoms with Crippen LogP contribution >= 0.6 is 0 Å². The summed E-state index contributed by atoms with van der Waals surface area (Å²) < 4.78 is 0. The smallest absolute Gasteiger partial charge is 0.125 e. The molecule has 0 saturated carbocycles. The van der Waals surface area contributed by atoms with E-state index in [0.717, 1.165) is 31.2 Å². The molecule has 0 spiro atoms. The van der Waals surface area contributed by atoms with E-state index in [4.69, 9.17) is 0 Å². The van der Waals surface area contributed by atoms with Crippen LogP contribution in [0.1, 0.15) is 38.7 Å². The maximum atomic E-state index is 4.46. The quantitative estimate of drug-likeness (QED) is 0.866. The van der Waals surface area contributed by atoms with E-state index in [-0.39, 0.29) is 0 Å². The first-order chi connectivity index (χ1) is 8.78. The molecule has 1 N–H and O–H groups in total. The van der Waals surface area contributed by atoms with Crippen LogP contribution in [0.3, 0.4) is 0 Å². The lowest BCUT2D eigenvalue weighted by molar-refractivity contribution is 0.185. The van der Waals surface area contributed by atoms with E-state index in [2.05, 4.69) is 41.2 Å². The zero-order valence-corrected chi connectivity index (χ0v) is 11.7. The van der Waals surface area contributed by atoms with Gasteiger partial charge in [0.1, 0.15) is 5.82 Å². The largest absolute Gasteiger partial charge is 0.370 e. The summed E-state index contributed by atoms with van der Waals surface area (Å²) in [4.78, 5) is 7.00. The van der Waals surface area contributed by atoms with Gasteiger partial charge in [-0.1, -0.05) is 19.9 Å². The highest BCUT2D eigenvalue weighted by Gasteiger charge is 2.15. The van der Waals surface area contributed by atoms with Gasteiger partial charge in [-0.15, -0.1) is 0 Å². The van der Waals surface area contributed by atoms with Gasteiger partial charge in [0.05, 0.1) is 0 Å². The SMILES string of the molecule is CCCNc1ccc(CN2CCC(C)CC2)cn1. The zero-order valence-electron chi connectivity index (χ0n) is 11.7. The van der Waals surface area contributed by atoms with Crippen molar-refractivity contribution in [2.24, 2.45) is 5.92 Å². The minimum Gasteiger partial charge on any atom is -0.370 e. The molecule has 18 heavy (non-hydrogen) atoms. The summed E-state index contributed by atoms with van der Waals surface area (Å²) >= 11 is 0. The molecule has 0 radical (unpaired) electrons. The van der Waals surface area contributed by atoms with Gasteiger partial charge in [-0.25, -0.2) is 4.98 Å². The van der Waals surface area contributed by atoms with Gasteiger partial charge in [0, 0.05) is 19.3 Å². The van der Waals surface area contributed by atoms with Crippen molar-refractivity contribution in [3.05, 3.63) is 23.9 Å². The number of nitrogens with zero attached hydrogens (tertiary/aromatic N) is 2. The van der Waals surface area contributed by atoms with Crippen LogP contribution in [0.2, 0.25) is 0 Å². The Bertz CT molecular complexity index is 339. The minimum atomic E-state index is 0.903. The fourth-order valence-electron chi connectivity index (χ4n) is 2.35. The van der Waals surface area contributed by atoms with Crippen LogP contribution in [0, 0.1) is 5.92 Å². The molecule has 0 amide bonds. The van der Waals surface area contributed by atoms with E-state index in [1.54, 1.807) is 0 Å². The van der Waals surface area contributed by atoms with Gasteiger partial charge in [0.2, 0.25) is 0 Å². The Morgan fingerprint density at radius 2 is 2.11 bits per heavy atom. The van der Waals surface area contributed by atoms with Crippen molar-refractivity contribution in [3.8, 4) is 0 Å². The van der Waals surface area contributed by atoms with Crippen LogP contribution in [0.5, 0.6) is 0 Å². The number of rotatable bonds is 5. The normalized spacial score (nSPS) is 17.9. The predicted octanol–water partition coefficient (Wildman–Crippen LogP) is 3.14. The van der Waals surface area contributed by atoms with Crippen LogP contribution in [-0.2, 0) is 6.54 Å². The van der Waals surface area contributed by atoms with E-state index in [1.165, 1.54) is 31.5 Å². The Morgan fingerprint density at radius 3 is 2.72 bits per heavy atom. The Kier molecular flexibility index (Phi) is 5.00. The summed E-state index contributed by atoms with van der Waals surface area (Å²) in [5, 5.41) is 3.31. The number of hydrogen-bond acceptors (Lipinski definition) is 3. The molecular formula is C15H25N3. The van der Waals surface area contributed by atoms with Crippen LogP contribution < -0.4 is 5.32 Å². The van der Waals surface area contributed by atoms with E-state index >= 15 is 0 Å².